The first-order valence-corrected chi connectivity index (χ1v) is 11.9. The fourth-order valence-corrected chi connectivity index (χ4v) is 5.01. The van der Waals surface area contributed by atoms with Gasteiger partial charge < -0.3 is 10.6 Å². The lowest BCUT2D eigenvalue weighted by atomic mass is 9.97. The van der Waals surface area contributed by atoms with E-state index < -0.39 is 0 Å². The predicted molar refractivity (Wildman–Crippen MR) is 137 cm³/mol. The van der Waals surface area contributed by atoms with Crippen molar-refractivity contribution in [2.75, 3.05) is 12.3 Å². The molecule has 0 spiro atoms. The molecule has 0 aliphatic carbocycles. The highest BCUT2D eigenvalue weighted by Gasteiger charge is 2.33. The number of carbonyl (C=O) groups excluding carboxylic acids is 1. The lowest BCUT2D eigenvalue weighted by Crippen LogP contribution is -2.39. The smallest absolute Gasteiger partial charge is 0.258 e. The fourth-order valence-electron chi connectivity index (χ4n) is 5.01. The molecule has 6 rings (SSSR count). The predicted octanol–water partition coefficient (Wildman–Crippen LogP) is 3.48. The topological polar surface area (TPSA) is 108 Å². The number of benzene rings is 2. The monoisotopic (exact) mass is 478 g/mol. The Kier molecular flexibility index (Phi) is 5.25. The number of hydrogen-bond donors (Lipinski definition) is 1. The van der Waals surface area contributed by atoms with Gasteiger partial charge in [0.1, 0.15) is 12.7 Å². The van der Waals surface area contributed by atoms with Crippen LogP contribution >= 0.6 is 0 Å². The van der Waals surface area contributed by atoms with Gasteiger partial charge in [-0.2, -0.15) is 5.10 Å². The third-order valence-corrected chi connectivity index (χ3v) is 7.00. The SMILES string of the molecule is C[C@@H](c1ccc(-n2cnc3c(N)ncnc32)cc1)N1CCc2nn(C)c(Cc3ccccc3)c2C1=O. The van der Waals surface area contributed by atoms with Crippen molar-refractivity contribution < 1.29 is 4.79 Å². The molecular formula is C27H26N8O. The first-order chi connectivity index (χ1) is 17.5. The third kappa shape index (κ3) is 3.60. The molecule has 0 saturated heterocycles. The summed E-state index contributed by atoms with van der Waals surface area (Å²) in [6.07, 6.45) is 4.55. The Balaban J connectivity index is 1.27. The molecule has 1 atom stereocenters. The Morgan fingerprint density at radius 1 is 1.03 bits per heavy atom. The lowest BCUT2D eigenvalue weighted by molar-refractivity contribution is 0.0671. The second-order valence-electron chi connectivity index (χ2n) is 9.12. The van der Waals surface area contributed by atoms with E-state index in [2.05, 4.69) is 39.1 Å². The molecule has 36 heavy (non-hydrogen) atoms. The van der Waals surface area contributed by atoms with Gasteiger partial charge in [0.05, 0.1) is 23.0 Å². The van der Waals surface area contributed by atoms with Crippen LogP contribution in [-0.2, 0) is 19.9 Å². The summed E-state index contributed by atoms with van der Waals surface area (Å²) < 4.78 is 3.75. The van der Waals surface area contributed by atoms with E-state index in [0.717, 1.165) is 40.2 Å². The second kappa shape index (κ2) is 8.60. The van der Waals surface area contributed by atoms with Crippen LogP contribution in [0.4, 0.5) is 5.82 Å². The Morgan fingerprint density at radius 2 is 1.81 bits per heavy atom. The highest BCUT2D eigenvalue weighted by Crippen LogP contribution is 2.31. The second-order valence-corrected chi connectivity index (χ2v) is 9.12. The third-order valence-electron chi connectivity index (χ3n) is 7.00. The molecule has 0 bridgehead atoms. The van der Waals surface area contributed by atoms with Crippen molar-refractivity contribution >= 4 is 22.9 Å². The van der Waals surface area contributed by atoms with E-state index in [-0.39, 0.29) is 11.9 Å². The van der Waals surface area contributed by atoms with E-state index in [4.69, 9.17) is 5.73 Å². The van der Waals surface area contributed by atoms with E-state index in [9.17, 15) is 4.79 Å². The molecule has 1 amide bonds. The molecule has 3 aromatic heterocycles. The van der Waals surface area contributed by atoms with Crippen LogP contribution in [0.15, 0.2) is 67.3 Å². The molecular weight excluding hydrogens is 452 g/mol. The van der Waals surface area contributed by atoms with Crippen LogP contribution in [0.5, 0.6) is 0 Å². The minimum atomic E-state index is -0.0815. The van der Waals surface area contributed by atoms with Crippen LogP contribution < -0.4 is 5.73 Å². The molecule has 9 heteroatoms. The summed E-state index contributed by atoms with van der Waals surface area (Å²) in [4.78, 5) is 28.4. The lowest BCUT2D eigenvalue weighted by Gasteiger charge is -2.32. The summed E-state index contributed by atoms with van der Waals surface area (Å²) in [5.74, 6) is 0.397. The number of nitrogen functional groups attached to an aromatic ring is 1. The molecule has 2 aromatic carbocycles. The van der Waals surface area contributed by atoms with Gasteiger partial charge in [0.25, 0.3) is 5.91 Å². The minimum absolute atomic E-state index is 0.0413. The van der Waals surface area contributed by atoms with Gasteiger partial charge in [-0.15, -0.1) is 0 Å². The highest BCUT2D eigenvalue weighted by atomic mass is 16.2. The molecule has 5 aromatic rings. The van der Waals surface area contributed by atoms with Gasteiger partial charge in [-0.1, -0.05) is 42.5 Å². The molecule has 180 valence electrons. The molecule has 1 aliphatic rings. The highest BCUT2D eigenvalue weighted by molar-refractivity contribution is 5.98. The fraction of sp³-hybridized carbons (Fsp3) is 0.222. The van der Waals surface area contributed by atoms with E-state index in [0.29, 0.717) is 29.9 Å². The van der Waals surface area contributed by atoms with Crippen LogP contribution in [0.3, 0.4) is 0 Å². The maximum atomic E-state index is 13.7. The van der Waals surface area contributed by atoms with Crippen molar-refractivity contribution in [2.45, 2.75) is 25.8 Å². The zero-order chi connectivity index (χ0) is 24.8. The van der Waals surface area contributed by atoms with Crippen molar-refractivity contribution in [1.82, 2.24) is 34.2 Å². The zero-order valence-corrected chi connectivity index (χ0v) is 20.2. The van der Waals surface area contributed by atoms with E-state index in [1.807, 2.05) is 63.7 Å². The van der Waals surface area contributed by atoms with Gasteiger partial charge in [-0.25, -0.2) is 15.0 Å². The maximum absolute atomic E-state index is 13.7. The van der Waals surface area contributed by atoms with E-state index >= 15 is 0 Å². The first-order valence-electron chi connectivity index (χ1n) is 11.9. The number of carbonyl (C=O) groups is 1. The molecule has 0 radical (unpaired) electrons. The minimum Gasteiger partial charge on any atom is -0.382 e. The quantitative estimate of drug-likeness (QED) is 0.414. The number of hydrogen-bond acceptors (Lipinski definition) is 6. The Labute approximate surface area is 208 Å². The van der Waals surface area contributed by atoms with Crippen molar-refractivity contribution in [3.63, 3.8) is 0 Å². The van der Waals surface area contributed by atoms with Crippen LogP contribution in [-0.4, -0.2) is 46.7 Å². The average Bonchev–Trinajstić information content (AvgIpc) is 3.47. The van der Waals surface area contributed by atoms with Crippen molar-refractivity contribution in [1.29, 1.82) is 0 Å². The van der Waals surface area contributed by atoms with Crippen LogP contribution in [0.1, 0.15) is 45.8 Å². The molecule has 0 fully saturated rings. The molecule has 0 saturated carbocycles. The van der Waals surface area contributed by atoms with Gasteiger partial charge in [0.2, 0.25) is 0 Å². The Hall–Kier alpha value is -4.53. The van der Waals surface area contributed by atoms with Gasteiger partial charge >= 0.3 is 0 Å². The molecule has 2 N–H and O–H groups in total. The Morgan fingerprint density at radius 3 is 2.58 bits per heavy atom. The van der Waals surface area contributed by atoms with Gasteiger partial charge in [-0.05, 0) is 30.2 Å². The number of nitrogens with zero attached hydrogens (tertiary/aromatic N) is 7. The van der Waals surface area contributed by atoms with Crippen molar-refractivity contribution in [2.24, 2.45) is 7.05 Å². The summed E-state index contributed by atoms with van der Waals surface area (Å²) in [5.41, 5.74) is 12.9. The normalized spacial score (nSPS) is 14.3. The van der Waals surface area contributed by atoms with E-state index in [1.54, 1.807) is 6.33 Å². The number of nitrogens with two attached hydrogens (primary N) is 1. The van der Waals surface area contributed by atoms with Crippen LogP contribution in [0.25, 0.3) is 16.9 Å². The molecule has 0 unspecified atom stereocenters. The summed E-state index contributed by atoms with van der Waals surface area (Å²) in [5, 5.41) is 4.68. The number of rotatable bonds is 5. The van der Waals surface area contributed by atoms with Crippen molar-refractivity contribution in [3.05, 3.63) is 95.3 Å². The maximum Gasteiger partial charge on any atom is 0.258 e. The number of anilines is 1. The Bertz CT molecular complexity index is 1570. The zero-order valence-electron chi connectivity index (χ0n) is 20.2. The van der Waals surface area contributed by atoms with Crippen molar-refractivity contribution in [3.8, 4) is 5.69 Å². The van der Waals surface area contributed by atoms with Gasteiger partial charge in [0, 0.05) is 32.1 Å². The molecule has 9 nitrogen and oxygen atoms in total. The van der Waals surface area contributed by atoms with Crippen LogP contribution in [0.2, 0.25) is 0 Å². The summed E-state index contributed by atoms with van der Waals surface area (Å²) >= 11 is 0. The number of fused-ring (bicyclic) bond motifs is 2. The molecule has 4 heterocycles. The number of imidazole rings is 1. The van der Waals surface area contributed by atoms with Gasteiger partial charge in [0.15, 0.2) is 17.0 Å². The number of aromatic nitrogens is 6. The number of aryl methyl sites for hydroxylation is 1. The standard InChI is InChI=1S/C27H26N8O/c1-17(19-8-10-20(11-9-19)35-16-31-24-25(28)29-15-30-26(24)35)34-13-12-21-23(27(34)36)22(33(2)32-21)14-18-6-4-3-5-7-18/h3-11,15-17H,12-14H2,1-2H3,(H2,28,29,30)/t17-/m0/s1. The first kappa shape index (κ1) is 22.0. The van der Waals surface area contributed by atoms with Gasteiger partial charge in [-0.3, -0.25) is 14.0 Å². The average molecular weight is 479 g/mol. The summed E-state index contributed by atoms with van der Waals surface area (Å²) in [6, 6.07) is 18.2. The van der Waals surface area contributed by atoms with Crippen LogP contribution in [0, 0.1) is 0 Å². The number of amides is 1. The summed E-state index contributed by atoms with van der Waals surface area (Å²) in [6.45, 7) is 2.71. The van der Waals surface area contributed by atoms with E-state index in [1.165, 1.54) is 6.33 Å². The largest absolute Gasteiger partial charge is 0.382 e. The summed E-state index contributed by atoms with van der Waals surface area (Å²) in [7, 11) is 1.93. The molecule has 1 aliphatic heterocycles.